The molecule has 0 aromatic carbocycles. The van der Waals surface area contributed by atoms with Crippen LogP contribution >= 0.6 is 0 Å². The van der Waals surface area contributed by atoms with Crippen molar-refractivity contribution in [2.75, 3.05) is 26.4 Å². The second-order valence-corrected chi connectivity index (χ2v) is 4.17. The molecule has 2 N–H and O–H groups in total. The highest BCUT2D eigenvalue weighted by Gasteiger charge is 2.08. The Hall–Kier alpha value is -0.680. The smallest absolute Gasteiger partial charge is 0.0759 e. The van der Waals surface area contributed by atoms with E-state index in [4.69, 9.17) is 14.9 Å². The Morgan fingerprint density at radius 1 is 0.944 bits per heavy atom. The number of aliphatic hydroxyl groups excluding tert-OH is 2. The molecule has 2 unspecified atom stereocenters. The van der Waals surface area contributed by atoms with Crippen LogP contribution in [0.4, 0.5) is 0 Å². The van der Waals surface area contributed by atoms with Gasteiger partial charge in [-0.25, -0.2) is 0 Å². The van der Waals surface area contributed by atoms with Crippen LogP contribution in [0.25, 0.3) is 0 Å². The van der Waals surface area contributed by atoms with E-state index < -0.39 is 0 Å². The van der Waals surface area contributed by atoms with Gasteiger partial charge in [0.05, 0.1) is 38.6 Å². The molecular weight excluding hydrogens is 232 g/mol. The Labute approximate surface area is 111 Å². The van der Waals surface area contributed by atoms with Crippen LogP contribution in [-0.4, -0.2) is 48.8 Å². The Morgan fingerprint density at radius 3 is 1.50 bits per heavy atom. The summed E-state index contributed by atoms with van der Waals surface area (Å²) in [5.74, 6) is 0. The van der Waals surface area contributed by atoms with E-state index in [0.717, 1.165) is 11.1 Å². The van der Waals surface area contributed by atoms with E-state index in [1.807, 2.05) is 27.7 Å². The van der Waals surface area contributed by atoms with Gasteiger partial charge in [-0.3, -0.25) is 0 Å². The largest absolute Gasteiger partial charge is 0.394 e. The normalized spacial score (nSPS) is 13.2. The SMILES string of the molecule is C=C(C)C(C)OC(C)C(=C)C.OCCOCCO. The van der Waals surface area contributed by atoms with Gasteiger partial charge in [0.15, 0.2) is 0 Å². The van der Waals surface area contributed by atoms with Crippen LogP contribution in [0.1, 0.15) is 27.7 Å². The summed E-state index contributed by atoms with van der Waals surface area (Å²) < 4.78 is 10.2. The molecule has 0 radical (unpaired) electrons. The third kappa shape index (κ3) is 13.4. The zero-order valence-corrected chi connectivity index (χ0v) is 12.1. The minimum Gasteiger partial charge on any atom is -0.394 e. The first kappa shape index (κ1) is 19.7. The van der Waals surface area contributed by atoms with Crippen molar-refractivity contribution in [3.63, 3.8) is 0 Å². The molecule has 0 spiro atoms. The molecule has 0 aromatic rings. The molecule has 0 bridgehead atoms. The average Bonchev–Trinajstić information content (AvgIpc) is 2.30. The fourth-order valence-corrected chi connectivity index (χ4v) is 0.770. The molecular formula is C14H28O4. The quantitative estimate of drug-likeness (QED) is 0.517. The Balaban J connectivity index is 0. The predicted molar refractivity (Wildman–Crippen MR) is 74.6 cm³/mol. The van der Waals surface area contributed by atoms with Crippen LogP contribution < -0.4 is 0 Å². The maximum absolute atomic E-state index is 8.09. The lowest BCUT2D eigenvalue weighted by molar-refractivity contribution is 0.0501. The second kappa shape index (κ2) is 12.8. The van der Waals surface area contributed by atoms with E-state index in [2.05, 4.69) is 17.9 Å². The van der Waals surface area contributed by atoms with Gasteiger partial charge in [0.25, 0.3) is 0 Å². The van der Waals surface area contributed by atoms with E-state index in [9.17, 15) is 0 Å². The van der Waals surface area contributed by atoms with Crippen LogP contribution in [-0.2, 0) is 9.47 Å². The first-order chi connectivity index (χ1) is 8.36. The van der Waals surface area contributed by atoms with Gasteiger partial charge in [0.1, 0.15) is 0 Å². The number of aliphatic hydroxyl groups is 2. The third-order valence-corrected chi connectivity index (χ3v) is 2.27. The monoisotopic (exact) mass is 260 g/mol. The zero-order chi connectivity index (χ0) is 14.6. The van der Waals surface area contributed by atoms with Gasteiger partial charge >= 0.3 is 0 Å². The highest BCUT2D eigenvalue weighted by Crippen LogP contribution is 2.10. The van der Waals surface area contributed by atoms with Gasteiger partial charge in [0.2, 0.25) is 0 Å². The maximum atomic E-state index is 8.09. The first-order valence-corrected chi connectivity index (χ1v) is 6.12. The molecule has 0 fully saturated rings. The molecule has 0 rings (SSSR count). The van der Waals surface area contributed by atoms with Crippen molar-refractivity contribution in [1.29, 1.82) is 0 Å². The number of hydrogen-bond donors (Lipinski definition) is 2. The topological polar surface area (TPSA) is 58.9 Å². The minimum atomic E-state index is 0.0278. The van der Waals surface area contributed by atoms with Crippen molar-refractivity contribution < 1.29 is 19.7 Å². The molecule has 0 heterocycles. The highest BCUT2D eigenvalue weighted by atomic mass is 16.5. The van der Waals surface area contributed by atoms with Crippen LogP contribution in [0.15, 0.2) is 24.3 Å². The van der Waals surface area contributed by atoms with E-state index in [1.165, 1.54) is 0 Å². The average molecular weight is 260 g/mol. The molecule has 0 aliphatic heterocycles. The Morgan fingerprint density at radius 2 is 1.28 bits per heavy atom. The molecule has 18 heavy (non-hydrogen) atoms. The van der Waals surface area contributed by atoms with Crippen LogP contribution in [0.5, 0.6) is 0 Å². The van der Waals surface area contributed by atoms with Crippen molar-refractivity contribution in [2.24, 2.45) is 0 Å². The van der Waals surface area contributed by atoms with Gasteiger partial charge in [0, 0.05) is 0 Å². The molecule has 0 saturated carbocycles. The Bertz CT molecular complexity index is 204. The van der Waals surface area contributed by atoms with Gasteiger partial charge in [-0.15, -0.1) is 0 Å². The summed E-state index contributed by atoms with van der Waals surface area (Å²) in [5, 5.41) is 16.2. The van der Waals surface area contributed by atoms with Crippen molar-refractivity contribution in [3.05, 3.63) is 24.3 Å². The van der Waals surface area contributed by atoms with Gasteiger partial charge in [-0.1, -0.05) is 24.3 Å². The van der Waals surface area contributed by atoms with E-state index in [-0.39, 0.29) is 25.4 Å². The molecule has 108 valence electrons. The highest BCUT2D eigenvalue weighted by molar-refractivity contribution is 5.00. The standard InChI is InChI=1S/C10H18O.C4H10O3/c1-7(2)9(5)11-10(6)8(3)4;5-1-3-7-4-2-6/h9-10H,1,3H2,2,4-6H3;5-6H,1-4H2. The number of ether oxygens (including phenoxy) is 2. The van der Waals surface area contributed by atoms with E-state index in [0.29, 0.717) is 13.2 Å². The van der Waals surface area contributed by atoms with Gasteiger partial charge in [-0.2, -0.15) is 0 Å². The summed E-state index contributed by atoms with van der Waals surface area (Å²) in [6.45, 7) is 16.3. The number of rotatable bonds is 8. The fraction of sp³-hybridized carbons (Fsp3) is 0.714. The first-order valence-electron chi connectivity index (χ1n) is 6.12. The molecule has 0 aromatic heterocycles. The Kier molecular flexibility index (Phi) is 13.9. The molecule has 4 nitrogen and oxygen atoms in total. The molecule has 0 aliphatic carbocycles. The summed E-state index contributed by atoms with van der Waals surface area (Å²) in [5.41, 5.74) is 2.11. The van der Waals surface area contributed by atoms with Crippen molar-refractivity contribution >= 4 is 0 Å². The van der Waals surface area contributed by atoms with Crippen LogP contribution in [0.3, 0.4) is 0 Å². The summed E-state index contributed by atoms with van der Waals surface area (Å²) in [7, 11) is 0. The van der Waals surface area contributed by atoms with E-state index in [1.54, 1.807) is 0 Å². The van der Waals surface area contributed by atoms with Crippen LogP contribution in [0, 0.1) is 0 Å². The van der Waals surface area contributed by atoms with Crippen LogP contribution in [0.2, 0.25) is 0 Å². The number of hydrogen-bond acceptors (Lipinski definition) is 4. The van der Waals surface area contributed by atoms with Crippen molar-refractivity contribution in [3.8, 4) is 0 Å². The summed E-state index contributed by atoms with van der Waals surface area (Å²) in [4.78, 5) is 0. The fourth-order valence-electron chi connectivity index (χ4n) is 0.770. The molecule has 0 amide bonds. The molecule has 4 heteroatoms. The van der Waals surface area contributed by atoms with Gasteiger partial charge < -0.3 is 19.7 Å². The molecule has 0 aliphatic rings. The van der Waals surface area contributed by atoms with Gasteiger partial charge in [-0.05, 0) is 27.7 Å². The second-order valence-electron chi connectivity index (χ2n) is 4.17. The molecule has 0 saturated heterocycles. The third-order valence-electron chi connectivity index (χ3n) is 2.27. The minimum absolute atomic E-state index is 0.0278. The summed E-state index contributed by atoms with van der Waals surface area (Å²) in [6, 6.07) is 0. The predicted octanol–water partition coefficient (Wildman–Crippen LogP) is 1.92. The van der Waals surface area contributed by atoms with Crippen molar-refractivity contribution in [1.82, 2.24) is 0 Å². The van der Waals surface area contributed by atoms with Crippen molar-refractivity contribution in [2.45, 2.75) is 39.9 Å². The lowest BCUT2D eigenvalue weighted by Gasteiger charge is -2.19. The lowest BCUT2D eigenvalue weighted by Crippen LogP contribution is -2.18. The lowest BCUT2D eigenvalue weighted by atomic mass is 10.2. The molecule has 2 atom stereocenters. The van der Waals surface area contributed by atoms with E-state index >= 15 is 0 Å². The zero-order valence-electron chi connectivity index (χ0n) is 12.1. The summed E-state index contributed by atoms with van der Waals surface area (Å²) in [6.07, 6.45) is 0.253. The maximum Gasteiger partial charge on any atom is 0.0759 e. The summed E-state index contributed by atoms with van der Waals surface area (Å²) >= 11 is 0.